The fraction of sp³-hybridized carbons (Fsp3) is 0.600. The number of hydrogen-bond donors (Lipinski definition) is 5. The second-order valence-electron chi connectivity index (χ2n) is 4.00. The molecular formula is C10H19N3O8. The quantitative estimate of drug-likeness (QED) is 0.286. The molecule has 0 unspecified atom stereocenters. The predicted octanol–water partition coefficient (Wildman–Crippen LogP) is -1.91. The molecule has 11 heteroatoms. The molecule has 0 aliphatic heterocycles. The number of aliphatic carboxylic acids is 4. The van der Waals surface area contributed by atoms with Gasteiger partial charge in [-0.15, -0.1) is 0 Å². The maximum atomic E-state index is 10.6. The minimum Gasteiger partial charge on any atom is -0.480 e. The first kappa shape index (κ1) is 21.1. The van der Waals surface area contributed by atoms with Crippen molar-refractivity contribution in [1.82, 2.24) is 16.0 Å². The first-order valence-corrected chi connectivity index (χ1v) is 5.52. The Bertz CT molecular complexity index is 318. The topological polar surface area (TPSA) is 191 Å². The molecule has 0 fully saturated rings. The number of rotatable bonds is 11. The summed E-state index contributed by atoms with van der Waals surface area (Å²) in [4.78, 5) is 44.4. The van der Waals surface area contributed by atoms with Gasteiger partial charge in [0.15, 0.2) is 0 Å². The molecule has 122 valence electrons. The van der Waals surface area contributed by atoms with Crippen LogP contribution in [0.4, 0.5) is 0 Å². The fourth-order valence-corrected chi connectivity index (χ4v) is 1.48. The second-order valence-corrected chi connectivity index (χ2v) is 4.00. The average molecular weight is 309 g/mol. The Kier molecular flexibility index (Phi) is 10.6. The van der Waals surface area contributed by atoms with E-state index in [-0.39, 0.29) is 19.2 Å². The van der Waals surface area contributed by atoms with Gasteiger partial charge < -0.3 is 26.6 Å². The molecule has 7 N–H and O–H groups in total. The smallest absolute Gasteiger partial charge is 0.317 e. The molecule has 21 heavy (non-hydrogen) atoms. The Morgan fingerprint density at radius 3 is 0.905 bits per heavy atom. The van der Waals surface area contributed by atoms with Crippen molar-refractivity contribution in [3.8, 4) is 0 Å². The second kappa shape index (κ2) is 10.5. The summed E-state index contributed by atoms with van der Waals surface area (Å²) < 4.78 is 0. The van der Waals surface area contributed by atoms with Crippen molar-refractivity contribution in [1.29, 1.82) is 0 Å². The van der Waals surface area contributed by atoms with E-state index in [0.717, 1.165) is 9.80 Å². The average Bonchev–Trinajstić information content (AvgIpc) is 2.22. The van der Waals surface area contributed by atoms with Gasteiger partial charge in [-0.2, -0.15) is 0 Å². The third-order valence-electron chi connectivity index (χ3n) is 2.17. The van der Waals surface area contributed by atoms with Crippen molar-refractivity contribution in [3.63, 3.8) is 0 Å². The summed E-state index contributed by atoms with van der Waals surface area (Å²) in [5.74, 6) is -4.91. The number of nitrogens with zero attached hydrogens (tertiary/aromatic N) is 2. The number of carboxylic acid groups (broad SMARTS) is 4. The van der Waals surface area contributed by atoms with Crippen molar-refractivity contribution >= 4 is 23.9 Å². The lowest BCUT2D eigenvalue weighted by Crippen LogP contribution is -2.43. The van der Waals surface area contributed by atoms with E-state index in [1.807, 2.05) is 0 Å². The highest BCUT2D eigenvalue weighted by molar-refractivity contribution is 5.73. The Balaban J connectivity index is 0. The Morgan fingerprint density at radius 2 is 0.762 bits per heavy atom. The normalized spacial score (nSPS) is 10.2. The molecule has 0 spiro atoms. The Labute approximate surface area is 120 Å². The highest BCUT2D eigenvalue weighted by Crippen LogP contribution is 1.94. The highest BCUT2D eigenvalue weighted by atomic mass is 16.4. The Hall–Kier alpha value is -2.24. The molecule has 0 heterocycles. The van der Waals surface area contributed by atoms with Gasteiger partial charge in [0.25, 0.3) is 0 Å². The lowest BCUT2D eigenvalue weighted by molar-refractivity contribution is -0.145. The summed E-state index contributed by atoms with van der Waals surface area (Å²) in [7, 11) is 0. The van der Waals surface area contributed by atoms with Crippen molar-refractivity contribution in [3.05, 3.63) is 0 Å². The summed E-state index contributed by atoms with van der Waals surface area (Å²) >= 11 is 0. The van der Waals surface area contributed by atoms with Gasteiger partial charge in [-0.05, 0) is 0 Å². The first-order chi connectivity index (χ1) is 9.20. The third kappa shape index (κ3) is 12.5. The molecule has 0 bridgehead atoms. The molecule has 0 aliphatic rings. The molecule has 0 radical (unpaired) electrons. The van der Waals surface area contributed by atoms with Crippen LogP contribution in [0.25, 0.3) is 0 Å². The molecule has 0 saturated carbocycles. The van der Waals surface area contributed by atoms with Crippen LogP contribution in [0, 0.1) is 0 Å². The lowest BCUT2D eigenvalue weighted by atomic mass is 10.4. The molecule has 0 saturated heterocycles. The van der Waals surface area contributed by atoms with Crippen LogP contribution < -0.4 is 6.15 Å². The van der Waals surface area contributed by atoms with Crippen molar-refractivity contribution in [2.45, 2.75) is 0 Å². The van der Waals surface area contributed by atoms with Crippen LogP contribution in [0.15, 0.2) is 0 Å². The van der Waals surface area contributed by atoms with E-state index in [0.29, 0.717) is 0 Å². The van der Waals surface area contributed by atoms with Gasteiger partial charge in [-0.25, -0.2) is 0 Å². The summed E-state index contributed by atoms with van der Waals surface area (Å²) in [6.07, 6.45) is 0. The molecule has 11 nitrogen and oxygen atoms in total. The van der Waals surface area contributed by atoms with Crippen LogP contribution in [0.1, 0.15) is 0 Å². The zero-order chi connectivity index (χ0) is 15.7. The van der Waals surface area contributed by atoms with E-state index in [2.05, 4.69) is 0 Å². The van der Waals surface area contributed by atoms with Gasteiger partial charge in [0.05, 0.1) is 26.2 Å². The summed E-state index contributed by atoms with van der Waals surface area (Å²) in [6.45, 7) is -2.25. The summed E-state index contributed by atoms with van der Waals surface area (Å²) in [5, 5.41) is 34.5. The maximum absolute atomic E-state index is 10.6. The molecule has 0 atom stereocenters. The van der Waals surface area contributed by atoms with Crippen molar-refractivity contribution in [2.24, 2.45) is 0 Å². The fourth-order valence-electron chi connectivity index (χ4n) is 1.48. The van der Waals surface area contributed by atoms with Crippen LogP contribution in [-0.2, 0) is 19.2 Å². The van der Waals surface area contributed by atoms with Crippen molar-refractivity contribution < 1.29 is 39.6 Å². The minimum absolute atomic E-state index is 0. The van der Waals surface area contributed by atoms with Gasteiger partial charge in [0.2, 0.25) is 0 Å². The zero-order valence-electron chi connectivity index (χ0n) is 11.3. The standard InChI is InChI=1S/C10H16N2O8.H3N/c13-7(14)3-11(4-8(15)16)1-2-12(5-9(17)18)6-10(19)20;/h1-6H2,(H,13,14)(H,15,16)(H,17,18)(H,19,20);1H3. The summed E-state index contributed by atoms with van der Waals surface area (Å²) in [5.41, 5.74) is 0. The van der Waals surface area contributed by atoms with Gasteiger partial charge in [0.1, 0.15) is 0 Å². The molecule has 0 aliphatic carbocycles. The van der Waals surface area contributed by atoms with Crippen LogP contribution in [-0.4, -0.2) is 93.4 Å². The molecule has 0 aromatic carbocycles. The Morgan fingerprint density at radius 1 is 0.571 bits per heavy atom. The molecule has 0 amide bonds. The van der Waals surface area contributed by atoms with Gasteiger partial charge in [-0.3, -0.25) is 29.0 Å². The number of carbonyl (C=O) groups is 4. The SMILES string of the molecule is N.O=C(O)CN(CCN(CC(=O)O)CC(=O)O)CC(=O)O. The van der Waals surface area contributed by atoms with Crippen molar-refractivity contribution in [2.75, 3.05) is 39.3 Å². The van der Waals surface area contributed by atoms with Crippen LogP contribution in [0.2, 0.25) is 0 Å². The highest BCUT2D eigenvalue weighted by Gasteiger charge is 2.17. The van der Waals surface area contributed by atoms with Gasteiger partial charge in [0, 0.05) is 13.1 Å². The predicted molar refractivity (Wildman–Crippen MR) is 68.4 cm³/mol. The monoisotopic (exact) mass is 309 g/mol. The zero-order valence-corrected chi connectivity index (χ0v) is 11.3. The van der Waals surface area contributed by atoms with Gasteiger partial charge in [-0.1, -0.05) is 0 Å². The van der Waals surface area contributed by atoms with Gasteiger partial charge >= 0.3 is 23.9 Å². The maximum Gasteiger partial charge on any atom is 0.317 e. The third-order valence-corrected chi connectivity index (χ3v) is 2.17. The van der Waals surface area contributed by atoms with E-state index >= 15 is 0 Å². The lowest BCUT2D eigenvalue weighted by Gasteiger charge is -2.23. The van der Waals surface area contributed by atoms with E-state index < -0.39 is 50.1 Å². The van der Waals surface area contributed by atoms with E-state index in [1.165, 1.54) is 0 Å². The van der Waals surface area contributed by atoms with E-state index in [4.69, 9.17) is 20.4 Å². The van der Waals surface area contributed by atoms with Crippen LogP contribution in [0.5, 0.6) is 0 Å². The van der Waals surface area contributed by atoms with Crippen LogP contribution in [0.3, 0.4) is 0 Å². The van der Waals surface area contributed by atoms with E-state index in [1.54, 1.807) is 0 Å². The largest absolute Gasteiger partial charge is 0.480 e. The first-order valence-electron chi connectivity index (χ1n) is 5.52. The molecule has 0 aromatic heterocycles. The minimum atomic E-state index is -1.23. The summed E-state index contributed by atoms with van der Waals surface area (Å²) in [6, 6.07) is 0. The van der Waals surface area contributed by atoms with E-state index in [9.17, 15) is 19.2 Å². The number of carboxylic acids is 4. The molecule has 0 rings (SSSR count). The number of hydrogen-bond acceptors (Lipinski definition) is 7. The van der Waals surface area contributed by atoms with Crippen LogP contribution >= 0.6 is 0 Å². The molecule has 0 aromatic rings. The molecular weight excluding hydrogens is 290 g/mol.